The summed E-state index contributed by atoms with van der Waals surface area (Å²) in [5.74, 6) is -0.145. The highest BCUT2D eigenvalue weighted by atomic mass is 16.4. The second-order valence-corrected chi connectivity index (χ2v) is 4.81. The van der Waals surface area contributed by atoms with Crippen LogP contribution in [0.5, 0.6) is 0 Å². The van der Waals surface area contributed by atoms with Crippen LogP contribution in [0.4, 0.5) is 0 Å². The molecular weight excluding hydrogens is 166 g/mol. The average Bonchev–Trinajstić information content (AvgIpc) is 2.32. The van der Waals surface area contributed by atoms with Crippen molar-refractivity contribution in [2.45, 2.75) is 26.7 Å². The lowest BCUT2D eigenvalue weighted by molar-refractivity contribution is -0.140. The number of carboxylic acids is 1. The Morgan fingerprint density at radius 3 is 2.62 bits per heavy atom. The fourth-order valence-electron chi connectivity index (χ4n) is 2.11. The molecular formula is C10H19NO2. The molecule has 1 rings (SSSR count). The minimum atomic E-state index is -0.681. The Morgan fingerprint density at radius 1 is 1.62 bits per heavy atom. The molecule has 0 aromatic carbocycles. The summed E-state index contributed by atoms with van der Waals surface area (Å²) in [7, 11) is 2.09. The highest BCUT2D eigenvalue weighted by molar-refractivity contribution is 5.67. The summed E-state index contributed by atoms with van der Waals surface area (Å²) in [6, 6.07) is 0. The maximum Gasteiger partial charge on any atom is 0.303 e. The normalized spacial score (nSPS) is 25.0. The largest absolute Gasteiger partial charge is 0.481 e. The van der Waals surface area contributed by atoms with Crippen molar-refractivity contribution in [1.82, 2.24) is 4.90 Å². The fourth-order valence-corrected chi connectivity index (χ4v) is 2.11. The van der Waals surface area contributed by atoms with E-state index in [9.17, 15) is 4.79 Å². The molecule has 0 spiro atoms. The van der Waals surface area contributed by atoms with Crippen LogP contribution in [0.25, 0.3) is 0 Å². The second kappa shape index (κ2) is 3.66. The molecule has 1 aliphatic rings. The number of hydrogen-bond acceptors (Lipinski definition) is 2. The van der Waals surface area contributed by atoms with Crippen LogP contribution >= 0.6 is 0 Å². The molecule has 3 nitrogen and oxygen atoms in total. The van der Waals surface area contributed by atoms with Crippen LogP contribution in [0.2, 0.25) is 0 Å². The van der Waals surface area contributed by atoms with Gasteiger partial charge in [-0.25, -0.2) is 0 Å². The van der Waals surface area contributed by atoms with Crippen LogP contribution in [0.1, 0.15) is 26.7 Å². The van der Waals surface area contributed by atoms with Gasteiger partial charge in [0.2, 0.25) is 0 Å². The molecule has 0 aromatic rings. The Morgan fingerprint density at radius 2 is 2.23 bits per heavy atom. The standard InChI is InChI=1S/C10H19NO2/c1-10(2,6-9(12)13)8-4-5-11(3)7-8/h8H,4-7H2,1-3H3,(H,12,13). The third-order valence-electron chi connectivity index (χ3n) is 3.10. The minimum Gasteiger partial charge on any atom is -0.481 e. The average molecular weight is 185 g/mol. The van der Waals surface area contributed by atoms with Crippen LogP contribution in [0, 0.1) is 11.3 Å². The molecule has 1 atom stereocenters. The summed E-state index contributed by atoms with van der Waals surface area (Å²) >= 11 is 0. The van der Waals surface area contributed by atoms with E-state index in [2.05, 4.69) is 25.8 Å². The SMILES string of the molecule is CN1CCC(C(C)(C)CC(=O)O)C1. The second-order valence-electron chi connectivity index (χ2n) is 4.81. The van der Waals surface area contributed by atoms with Gasteiger partial charge >= 0.3 is 5.97 Å². The van der Waals surface area contributed by atoms with Gasteiger partial charge in [0, 0.05) is 6.54 Å². The lowest BCUT2D eigenvalue weighted by atomic mass is 9.76. The number of hydrogen-bond donors (Lipinski definition) is 1. The van der Waals surface area contributed by atoms with Crippen LogP contribution in [0.3, 0.4) is 0 Å². The molecule has 0 aliphatic carbocycles. The Hall–Kier alpha value is -0.570. The van der Waals surface area contributed by atoms with E-state index >= 15 is 0 Å². The van der Waals surface area contributed by atoms with Crippen LogP contribution in [0.15, 0.2) is 0 Å². The molecule has 1 N–H and O–H groups in total. The van der Waals surface area contributed by atoms with Gasteiger partial charge in [0.15, 0.2) is 0 Å². The summed E-state index contributed by atoms with van der Waals surface area (Å²) in [5.41, 5.74) is -0.0589. The van der Waals surface area contributed by atoms with Crippen molar-refractivity contribution in [2.75, 3.05) is 20.1 Å². The summed E-state index contributed by atoms with van der Waals surface area (Å²) in [6.07, 6.45) is 1.42. The highest BCUT2D eigenvalue weighted by Crippen LogP contribution is 2.36. The van der Waals surface area contributed by atoms with Crippen molar-refractivity contribution in [1.29, 1.82) is 0 Å². The molecule has 1 fully saturated rings. The van der Waals surface area contributed by atoms with E-state index < -0.39 is 5.97 Å². The number of likely N-dealkylation sites (tertiary alicyclic amines) is 1. The van der Waals surface area contributed by atoms with Gasteiger partial charge < -0.3 is 10.0 Å². The van der Waals surface area contributed by atoms with Crippen molar-refractivity contribution in [2.24, 2.45) is 11.3 Å². The molecule has 1 unspecified atom stereocenters. The first-order valence-corrected chi connectivity index (χ1v) is 4.82. The van der Waals surface area contributed by atoms with E-state index in [1.807, 2.05) is 0 Å². The molecule has 0 bridgehead atoms. The molecule has 13 heavy (non-hydrogen) atoms. The van der Waals surface area contributed by atoms with Gasteiger partial charge in [-0.1, -0.05) is 13.8 Å². The minimum absolute atomic E-state index is 0.0589. The van der Waals surface area contributed by atoms with Gasteiger partial charge in [-0.15, -0.1) is 0 Å². The van der Waals surface area contributed by atoms with Gasteiger partial charge in [0.05, 0.1) is 6.42 Å². The van der Waals surface area contributed by atoms with Crippen molar-refractivity contribution in [3.8, 4) is 0 Å². The van der Waals surface area contributed by atoms with Crippen molar-refractivity contribution < 1.29 is 9.90 Å². The van der Waals surface area contributed by atoms with E-state index in [0.29, 0.717) is 5.92 Å². The van der Waals surface area contributed by atoms with Crippen molar-refractivity contribution in [3.63, 3.8) is 0 Å². The van der Waals surface area contributed by atoms with Gasteiger partial charge in [0.25, 0.3) is 0 Å². The molecule has 76 valence electrons. The first-order chi connectivity index (χ1) is 5.92. The Bertz CT molecular complexity index is 201. The lowest BCUT2D eigenvalue weighted by Gasteiger charge is -2.29. The first kappa shape index (κ1) is 10.5. The molecule has 3 heteroatoms. The van der Waals surface area contributed by atoms with Gasteiger partial charge in [-0.3, -0.25) is 4.79 Å². The van der Waals surface area contributed by atoms with Crippen LogP contribution < -0.4 is 0 Å². The van der Waals surface area contributed by atoms with Gasteiger partial charge in [-0.05, 0) is 31.3 Å². The van der Waals surface area contributed by atoms with Gasteiger partial charge in [0.1, 0.15) is 0 Å². The van der Waals surface area contributed by atoms with E-state index in [4.69, 9.17) is 5.11 Å². The summed E-state index contributed by atoms with van der Waals surface area (Å²) in [4.78, 5) is 12.9. The molecule has 1 heterocycles. The third-order valence-corrected chi connectivity index (χ3v) is 3.10. The Kier molecular flexibility index (Phi) is 2.96. The predicted molar refractivity (Wildman–Crippen MR) is 51.6 cm³/mol. The Labute approximate surface area is 79.7 Å². The maximum atomic E-state index is 10.6. The number of aliphatic carboxylic acids is 1. The zero-order valence-electron chi connectivity index (χ0n) is 8.71. The number of carboxylic acid groups (broad SMARTS) is 1. The van der Waals surface area contributed by atoms with E-state index in [0.717, 1.165) is 19.5 Å². The molecule has 0 aromatic heterocycles. The van der Waals surface area contributed by atoms with E-state index in [1.54, 1.807) is 0 Å². The number of carbonyl (C=O) groups is 1. The number of nitrogens with zero attached hydrogens (tertiary/aromatic N) is 1. The molecule has 0 saturated carbocycles. The zero-order chi connectivity index (χ0) is 10.1. The highest BCUT2D eigenvalue weighted by Gasteiger charge is 2.35. The molecule has 0 amide bonds. The summed E-state index contributed by atoms with van der Waals surface area (Å²) < 4.78 is 0. The summed E-state index contributed by atoms with van der Waals surface area (Å²) in [6.45, 7) is 6.27. The molecule has 0 radical (unpaired) electrons. The van der Waals surface area contributed by atoms with E-state index in [1.165, 1.54) is 0 Å². The molecule has 1 aliphatic heterocycles. The monoisotopic (exact) mass is 185 g/mol. The molecule has 1 saturated heterocycles. The topological polar surface area (TPSA) is 40.5 Å². The van der Waals surface area contributed by atoms with Crippen molar-refractivity contribution >= 4 is 5.97 Å². The van der Waals surface area contributed by atoms with E-state index in [-0.39, 0.29) is 11.8 Å². The smallest absolute Gasteiger partial charge is 0.303 e. The van der Waals surface area contributed by atoms with Crippen LogP contribution in [-0.2, 0) is 4.79 Å². The quantitative estimate of drug-likeness (QED) is 0.723. The maximum absolute atomic E-state index is 10.6. The Balaban J connectivity index is 2.53. The first-order valence-electron chi connectivity index (χ1n) is 4.82. The lowest BCUT2D eigenvalue weighted by Crippen LogP contribution is -2.29. The van der Waals surface area contributed by atoms with Gasteiger partial charge in [-0.2, -0.15) is 0 Å². The summed E-state index contributed by atoms with van der Waals surface area (Å²) in [5, 5.41) is 8.76. The van der Waals surface area contributed by atoms with Crippen molar-refractivity contribution in [3.05, 3.63) is 0 Å². The third kappa shape index (κ3) is 2.69. The van der Waals surface area contributed by atoms with Crippen LogP contribution in [-0.4, -0.2) is 36.1 Å². The fraction of sp³-hybridized carbons (Fsp3) is 0.900. The number of rotatable bonds is 3. The predicted octanol–water partition coefficient (Wildman–Crippen LogP) is 1.44. The zero-order valence-corrected chi connectivity index (χ0v) is 8.71.